The van der Waals surface area contributed by atoms with Gasteiger partial charge in [-0.2, -0.15) is 13.2 Å². The monoisotopic (exact) mass is 274 g/mol. The van der Waals surface area contributed by atoms with Gasteiger partial charge in [0.15, 0.2) is 0 Å². The molecule has 0 spiro atoms. The van der Waals surface area contributed by atoms with Crippen LogP contribution in [0.3, 0.4) is 0 Å². The second-order valence-corrected chi connectivity index (χ2v) is 3.83. The Balaban J connectivity index is 2.95. The molecule has 1 aromatic carbocycles. The fourth-order valence-corrected chi connectivity index (χ4v) is 1.34. The predicted octanol–water partition coefficient (Wildman–Crippen LogP) is 2.84. The van der Waals surface area contributed by atoms with Gasteiger partial charge in [-0.05, 0) is 24.6 Å². The summed E-state index contributed by atoms with van der Waals surface area (Å²) in [6.07, 6.45) is -4.70. The van der Waals surface area contributed by atoms with Crippen LogP contribution in [-0.4, -0.2) is 18.0 Å². The van der Waals surface area contributed by atoms with E-state index in [0.717, 1.165) is 0 Å². The van der Waals surface area contributed by atoms with E-state index in [9.17, 15) is 22.8 Å². The van der Waals surface area contributed by atoms with E-state index in [2.05, 4.69) is 5.32 Å². The Hall–Kier alpha value is -2.05. The number of halogens is 3. The maximum atomic E-state index is 12.1. The first-order chi connectivity index (χ1) is 8.75. The molecule has 7 heteroatoms. The number of carbonyl (C=O) groups excluding carboxylic acids is 2. The van der Waals surface area contributed by atoms with Crippen LogP contribution in [0.25, 0.3) is 0 Å². The van der Waals surface area contributed by atoms with Gasteiger partial charge in [-0.1, -0.05) is 13.0 Å². The second kappa shape index (κ2) is 5.73. The molecular formula is C12H13F3N2O2. The second-order valence-electron chi connectivity index (χ2n) is 3.83. The molecule has 1 rings (SSSR count). The van der Waals surface area contributed by atoms with E-state index < -0.39 is 12.1 Å². The standard InChI is InChI=1S/C12H13F3N2O2/c1-3-10(18)16-8-5-4-6-9(7(8)2)17-11(19)12(13,14)15/h4-6H,3H2,1-2H3,(H,16,18)(H,17,19). The van der Waals surface area contributed by atoms with E-state index in [4.69, 9.17) is 0 Å². The van der Waals surface area contributed by atoms with Gasteiger partial charge in [0.1, 0.15) is 0 Å². The van der Waals surface area contributed by atoms with Gasteiger partial charge in [0.25, 0.3) is 0 Å². The average Bonchev–Trinajstić information content (AvgIpc) is 2.32. The smallest absolute Gasteiger partial charge is 0.326 e. The van der Waals surface area contributed by atoms with Crippen molar-refractivity contribution in [2.75, 3.05) is 10.6 Å². The van der Waals surface area contributed by atoms with Crippen molar-refractivity contribution in [3.8, 4) is 0 Å². The van der Waals surface area contributed by atoms with Crippen LogP contribution in [0.15, 0.2) is 18.2 Å². The van der Waals surface area contributed by atoms with Crippen LogP contribution in [0.1, 0.15) is 18.9 Å². The number of benzene rings is 1. The van der Waals surface area contributed by atoms with Crippen molar-refractivity contribution in [3.05, 3.63) is 23.8 Å². The summed E-state index contributed by atoms with van der Waals surface area (Å²) in [5.74, 6) is -2.31. The highest BCUT2D eigenvalue weighted by molar-refractivity contribution is 5.97. The van der Waals surface area contributed by atoms with Gasteiger partial charge in [0.2, 0.25) is 5.91 Å². The normalized spacial score (nSPS) is 11.0. The molecule has 2 N–H and O–H groups in total. The van der Waals surface area contributed by atoms with Crippen molar-refractivity contribution in [2.45, 2.75) is 26.4 Å². The number of anilines is 2. The summed E-state index contributed by atoms with van der Waals surface area (Å²) in [6, 6.07) is 4.33. The third-order valence-corrected chi connectivity index (χ3v) is 2.43. The van der Waals surface area contributed by atoms with Gasteiger partial charge in [-0.3, -0.25) is 9.59 Å². The van der Waals surface area contributed by atoms with Gasteiger partial charge in [-0.15, -0.1) is 0 Å². The fraction of sp³-hybridized carbons (Fsp3) is 0.333. The molecule has 2 amide bonds. The lowest BCUT2D eigenvalue weighted by molar-refractivity contribution is -0.167. The first kappa shape index (κ1) is 15.0. The average molecular weight is 274 g/mol. The lowest BCUT2D eigenvalue weighted by Gasteiger charge is -2.14. The summed E-state index contributed by atoms with van der Waals surface area (Å²) in [5.41, 5.74) is 0.741. The summed E-state index contributed by atoms with van der Waals surface area (Å²) in [7, 11) is 0. The van der Waals surface area contributed by atoms with E-state index in [1.54, 1.807) is 18.3 Å². The van der Waals surface area contributed by atoms with E-state index in [-0.39, 0.29) is 18.0 Å². The van der Waals surface area contributed by atoms with E-state index in [1.807, 2.05) is 0 Å². The molecule has 0 bridgehead atoms. The summed E-state index contributed by atoms with van der Waals surface area (Å²) < 4.78 is 36.4. The molecule has 104 valence electrons. The van der Waals surface area contributed by atoms with Gasteiger partial charge in [0.05, 0.1) is 0 Å². The number of rotatable bonds is 3. The zero-order chi connectivity index (χ0) is 14.6. The molecule has 0 aliphatic rings. The van der Waals surface area contributed by atoms with Crippen molar-refractivity contribution in [2.24, 2.45) is 0 Å². The molecule has 0 radical (unpaired) electrons. The molecule has 0 atom stereocenters. The van der Waals surface area contributed by atoms with Gasteiger partial charge in [-0.25, -0.2) is 0 Å². The first-order valence-electron chi connectivity index (χ1n) is 5.53. The van der Waals surface area contributed by atoms with Crippen LogP contribution >= 0.6 is 0 Å². The minimum atomic E-state index is -4.95. The number of hydrogen-bond acceptors (Lipinski definition) is 2. The van der Waals surface area contributed by atoms with Crippen LogP contribution in [0.4, 0.5) is 24.5 Å². The van der Waals surface area contributed by atoms with Crippen LogP contribution in [0, 0.1) is 6.92 Å². The molecule has 0 saturated heterocycles. The van der Waals surface area contributed by atoms with Crippen LogP contribution in [0.2, 0.25) is 0 Å². The number of carbonyl (C=O) groups is 2. The Kier molecular flexibility index (Phi) is 4.52. The Morgan fingerprint density at radius 3 is 2.16 bits per heavy atom. The highest BCUT2D eigenvalue weighted by Crippen LogP contribution is 2.25. The van der Waals surface area contributed by atoms with Gasteiger partial charge >= 0.3 is 12.1 Å². The highest BCUT2D eigenvalue weighted by atomic mass is 19.4. The Labute approximate surface area is 108 Å². The van der Waals surface area contributed by atoms with Crippen LogP contribution in [-0.2, 0) is 9.59 Å². The molecule has 19 heavy (non-hydrogen) atoms. The summed E-state index contributed by atoms with van der Waals surface area (Å²) in [4.78, 5) is 22.1. The number of nitrogens with one attached hydrogen (secondary N) is 2. The Bertz CT molecular complexity index is 498. The number of amides is 2. The zero-order valence-corrected chi connectivity index (χ0v) is 10.4. The SMILES string of the molecule is CCC(=O)Nc1cccc(NC(=O)C(F)(F)F)c1C. The lowest BCUT2D eigenvalue weighted by Crippen LogP contribution is -2.30. The molecule has 0 heterocycles. The fourth-order valence-electron chi connectivity index (χ4n) is 1.34. The van der Waals surface area contributed by atoms with E-state index in [1.165, 1.54) is 19.1 Å². The van der Waals surface area contributed by atoms with Crippen molar-refractivity contribution < 1.29 is 22.8 Å². The molecule has 0 aliphatic carbocycles. The molecule has 0 unspecified atom stereocenters. The molecule has 1 aromatic rings. The molecule has 0 saturated carbocycles. The molecule has 4 nitrogen and oxygen atoms in total. The highest BCUT2D eigenvalue weighted by Gasteiger charge is 2.38. The topological polar surface area (TPSA) is 58.2 Å². The summed E-state index contributed by atoms with van der Waals surface area (Å²) >= 11 is 0. The molecule has 0 aromatic heterocycles. The van der Waals surface area contributed by atoms with Crippen LogP contribution in [0.5, 0.6) is 0 Å². The maximum absolute atomic E-state index is 12.1. The van der Waals surface area contributed by atoms with Crippen molar-refractivity contribution >= 4 is 23.2 Å². The largest absolute Gasteiger partial charge is 0.471 e. The number of hydrogen-bond donors (Lipinski definition) is 2. The molecular weight excluding hydrogens is 261 g/mol. The molecule has 0 fully saturated rings. The quantitative estimate of drug-likeness (QED) is 0.890. The van der Waals surface area contributed by atoms with Crippen molar-refractivity contribution in [1.29, 1.82) is 0 Å². The third kappa shape index (κ3) is 3.97. The van der Waals surface area contributed by atoms with Crippen molar-refractivity contribution in [3.63, 3.8) is 0 Å². The third-order valence-electron chi connectivity index (χ3n) is 2.43. The predicted molar refractivity (Wildman–Crippen MR) is 64.8 cm³/mol. The maximum Gasteiger partial charge on any atom is 0.471 e. The zero-order valence-electron chi connectivity index (χ0n) is 10.4. The number of alkyl halides is 3. The van der Waals surface area contributed by atoms with E-state index >= 15 is 0 Å². The van der Waals surface area contributed by atoms with Gasteiger partial charge < -0.3 is 10.6 Å². The first-order valence-corrected chi connectivity index (χ1v) is 5.53. The summed E-state index contributed by atoms with van der Waals surface area (Å²) in [6.45, 7) is 3.16. The van der Waals surface area contributed by atoms with E-state index in [0.29, 0.717) is 11.3 Å². The molecule has 0 aliphatic heterocycles. The summed E-state index contributed by atoms with van der Waals surface area (Å²) in [5, 5.41) is 4.31. The minimum absolute atomic E-state index is 0.0104. The van der Waals surface area contributed by atoms with Gasteiger partial charge in [0, 0.05) is 17.8 Å². The Morgan fingerprint density at radius 2 is 1.68 bits per heavy atom. The minimum Gasteiger partial charge on any atom is -0.326 e. The van der Waals surface area contributed by atoms with Crippen LogP contribution < -0.4 is 10.6 Å². The Morgan fingerprint density at radius 1 is 1.16 bits per heavy atom. The lowest BCUT2D eigenvalue weighted by atomic mass is 10.1. The van der Waals surface area contributed by atoms with Crippen molar-refractivity contribution in [1.82, 2.24) is 0 Å².